The number of piperazine rings is 1. The van der Waals surface area contributed by atoms with E-state index in [-0.39, 0.29) is 5.91 Å². The van der Waals surface area contributed by atoms with Crippen LogP contribution in [0.2, 0.25) is 0 Å². The number of hydrogen-bond donors (Lipinski definition) is 0. The van der Waals surface area contributed by atoms with Gasteiger partial charge in [-0.25, -0.2) is 9.97 Å². The Bertz CT molecular complexity index is 770. The summed E-state index contributed by atoms with van der Waals surface area (Å²) in [6.07, 6.45) is 2.60. The van der Waals surface area contributed by atoms with Crippen molar-refractivity contribution in [2.75, 3.05) is 44.7 Å². The van der Waals surface area contributed by atoms with Gasteiger partial charge in [0.25, 0.3) is 5.91 Å². The molecule has 0 aliphatic carbocycles. The Kier molecular flexibility index (Phi) is 4.36. The molecule has 2 aromatic rings. The molecule has 1 amide bonds. The van der Waals surface area contributed by atoms with E-state index in [1.807, 2.05) is 11.0 Å². The number of fused-ring (bicyclic) bond motifs is 1. The molecule has 1 fully saturated rings. The number of carbonyl (C=O) groups excluding carboxylic acids is 1. The minimum absolute atomic E-state index is 0.00715. The monoisotopic (exact) mass is 337 g/mol. The molecule has 6 nitrogen and oxygen atoms in total. The molecule has 1 aromatic heterocycles. The lowest BCUT2D eigenvalue weighted by Crippen LogP contribution is -2.45. The Morgan fingerprint density at radius 3 is 2.56 bits per heavy atom. The van der Waals surface area contributed by atoms with Crippen LogP contribution in [-0.2, 0) is 13.0 Å². The van der Waals surface area contributed by atoms with Crippen molar-refractivity contribution in [3.63, 3.8) is 0 Å². The summed E-state index contributed by atoms with van der Waals surface area (Å²) in [5, 5.41) is 0. The maximum absolute atomic E-state index is 12.9. The van der Waals surface area contributed by atoms with Gasteiger partial charge in [0.15, 0.2) is 0 Å². The molecule has 0 unspecified atom stereocenters. The lowest BCUT2D eigenvalue weighted by atomic mass is 10.00. The van der Waals surface area contributed by atoms with E-state index in [2.05, 4.69) is 45.0 Å². The van der Waals surface area contributed by atoms with E-state index in [9.17, 15) is 4.79 Å². The van der Waals surface area contributed by atoms with Crippen LogP contribution < -0.4 is 4.90 Å². The van der Waals surface area contributed by atoms with Gasteiger partial charge in [-0.15, -0.1) is 0 Å². The van der Waals surface area contributed by atoms with Crippen LogP contribution in [0.3, 0.4) is 0 Å². The number of rotatable bonds is 2. The van der Waals surface area contributed by atoms with Gasteiger partial charge in [-0.05, 0) is 30.7 Å². The highest BCUT2D eigenvalue weighted by Gasteiger charge is 2.24. The van der Waals surface area contributed by atoms with E-state index in [0.717, 1.165) is 39.1 Å². The van der Waals surface area contributed by atoms with Crippen molar-refractivity contribution in [1.29, 1.82) is 0 Å². The summed E-state index contributed by atoms with van der Waals surface area (Å²) in [6, 6.07) is 10.1. The molecule has 0 radical (unpaired) electrons. The number of anilines is 1. The van der Waals surface area contributed by atoms with E-state index in [0.29, 0.717) is 18.2 Å². The number of benzene rings is 1. The van der Waals surface area contributed by atoms with Crippen molar-refractivity contribution in [1.82, 2.24) is 19.8 Å². The third-order valence-corrected chi connectivity index (χ3v) is 5.07. The lowest BCUT2D eigenvalue weighted by Gasteiger charge is -2.32. The van der Waals surface area contributed by atoms with Crippen molar-refractivity contribution >= 4 is 11.9 Å². The summed E-state index contributed by atoms with van der Waals surface area (Å²) in [5.74, 6) is 0.656. The summed E-state index contributed by atoms with van der Waals surface area (Å²) in [4.78, 5) is 28.2. The van der Waals surface area contributed by atoms with E-state index in [1.54, 1.807) is 12.3 Å². The molecule has 0 saturated carbocycles. The van der Waals surface area contributed by atoms with E-state index < -0.39 is 0 Å². The van der Waals surface area contributed by atoms with Gasteiger partial charge in [0.1, 0.15) is 5.69 Å². The third kappa shape index (κ3) is 3.35. The minimum atomic E-state index is -0.00715. The quantitative estimate of drug-likeness (QED) is 0.830. The number of aromatic nitrogens is 2. The summed E-state index contributed by atoms with van der Waals surface area (Å²) < 4.78 is 0. The first-order valence-corrected chi connectivity index (χ1v) is 8.83. The number of amides is 1. The SMILES string of the molecule is CN1CCN(c2nccc(C(=O)N3CCc4ccccc4C3)n2)CC1. The zero-order chi connectivity index (χ0) is 17.2. The molecule has 2 aliphatic heterocycles. The Hall–Kier alpha value is -2.47. The zero-order valence-corrected chi connectivity index (χ0v) is 14.6. The van der Waals surface area contributed by atoms with Crippen LogP contribution >= 0.6 is 0 Å². The van der Waals surface area contributed by atoms with Crippen LogP contribution in [0.15, 0.2) is 36.5 Å². The van der Waals surface area contributed by atoms with Gasteiger partial charge in [-0.1, -0.05) is 24.3 Å². The molecule has 6 heteroatoms. The van der Waals surface area contributed by atoms with Crippen LogP contribution in [0, 0.1) is 0 Å². The van der Waals surface area contributed by atoms with Gasteiger partial charge in [0.2, 0.25) is 5.95 Å². The third-order valence-electron chi connectivity index (χ3n) is 5.07. The lowest BCUT2D eigenvalue weighted by molar-refractivity contribution is 0.0728. The second-order valence-corrected chi connectivity index (χ2v) is 6.78. The van der Waals surface area contributed by atoms with Gasteiger partial charge in [0.05, 0.1) is 0 Å². The summed E-state index contributed by atoms with van der Waals surface area (Å²) in [7, 11) is 2.12. The molecule has 0 N–H and O–H groups in total. The van der Waals surface area contributed by atoms with Crippen LogP contribution in [0.4, 0.5) is 5.95 Å². The Labute approximate surface area is 148 Å². The highest BCUT2D eigenvalue weighted by molar-refractivity contribution is 5.92. The smallest absolute Gasteiger partial charge is 0.272 e. The zero-order valence-electron chi connectivity index (χ0n) is 14.6. The first kappa shape index (κ1) is 16.0. The highest BCUT2D eigenvalue weighted by Crippen LogP contribution is 2.20. The standard InChI is InChI=1S/C19H23N5O/c1-22-10-12-23(13-11-22)19-20-8-6-17(21-19)18(25)24-9-7-15-4-2-3-5-16(15)14-24/h2-6,8H,7,9-14H2,1H3. The normalized spacial score (nSPS) is 18.1. The number of hydrogen-bond acceptors (Lipinski definition) is 5. The molecule has 1 saturated heterocycles. The first-order chi connectivity index (χ1) is 12.2. The van der Waals surface area contributed by atoms with Gasteiger partial charge < -0.3 is 14.7 Å². The van der Waals surface area contributed by atoms with Crippen molar-refractivity contribution in [3.05, 3.63) is 53.3 Å². The number of likely N-dealkylation sites (N-methyl/N-ethyl adjacent to an activating group) is 1. The van der Waals surface area contributed by atoms with Gasteiger partial charge in [-0.2, -0.15) is 0 Å². The van der Waals surface area contributed by atoms with Crippen LogP contribution in [0.25, 0.3) is 0 Å². The largest absolute Gasteiger partial charge is 0.338 e. The van der Waals surface area contributed by atoms with Gasteiger partial charge in [0, 0.05) is 45.5 Å². The van der Waals surface area contributed by atoms with Crippen molar-refractivity contribution < 1.29 is 4.79 Å². The van der Waals surface area contributed by atoms with Crippen molar-refractivity contribution in [3.8, 4) is 0 Å². The minimum Gasteiger partial charge on any atom is -0.338 e. The van der Waals surface area contributed by atoms with E-state index in [1.165, 1.54) is 11.1 Å². The molecule has 25 heavy (non-hydrogen) atoms. The average Bonchev–Trinajstić information content (AvgIpc) is 2.68. The Morgan fingerprint density at radius 1 is 1.00 bits per heavy atom. The second kappa shape index (κ2) is 6.80. The fourth-order valence-corrected chi connectivity index (χ4v) is 3.46. The summed E-state index contributed by atoms with van der Waals surface area (Å²) >= 11 is 0. The molecule has 130 valence electrons. The molecular formula is C19H23N5O. The Balaban J connectivity index is 1.50. The maximum atomic E-state index is 12.9. The molecule has 0 atom stereocenters. The summed E-state index contributed by atoms with van der Waals surface area (Å²) in [5.41, 5.74) is 3.06. The molecular weight excluding hydrogens is 314 g/mol. The maximum Gasteiger partial charge on any atom is 0.272 e. The Morgan fingerprint density at radius 2 is 1.76 bits per heavy atom. The van der Waals surface area contributed by atoms with E-state index >= 15 is 0 Å². The highest BCUT2D eigenvalue weighted by atomic mass is 16.2. The predicted molar refractivity (Wildman–Crippen MR) is 96.6 cm³/mol. The fourth-order valence-electron chi connectivity index (χ4n) is 3.46. The van der Waals surface area contributed by atoms with Crippen LogP contribution in [-0.4, -0.2) is 65.4 Å². The summed E-state index contributed by atoms with van der Waals surface area (Å²) in [6.45, 7) is 5.16. The number of carbonyl (C=O) groups is 1. The topological polar surface area (TPSA) is 52.6 Å². The average molecular weight is 337 g/mol. The van der Waals surface area contributed by atoms with Crippen LogP contribution in [0.1, 0.15) is 21.6 Å². The molecule has 3 heterocycles. The van der Waals surface area contributed by atoms with Crippen LogP contribution in [0.5, 0.6) is 0 Å². The first-order valence-electron chi connectivity index (χ1n) is 8.83. The van der Waals surface area contributed by atoms with Gasteiger partial charge in [-0.3, -0.25) is 4.79 Å². The van der Waals surface area contributed by atoms with E-state index in [4.69, 9.17) is 0 Å². The second-order valence-electron chi connectivity index (χ2n) is 6.78. The molecule has 4 rings (SSSR count). The molecule has 2 aliphatic rings. The molecule has 0 bridgehead atoms. The van der Waals surface area contributed by atoms with Crippen molar-refractivity contribution in [2.24, 2.45) is 0 Å². The fraction of sp³-hybridized carbons (Fsp3) is 0.421. The predicted octanol–water partition coefficient (Wildman–Crippen LogP) is 1.43. The number of nitrogens with zero attached hydrogens (tertiary/aromatic N) is 5. The molecule has 0 spiro atoms. The molecule has 1 aromatic carbocycles. The van der Waals surface area contributed by atoms with Gasteiger partial charge >= 0.3 is 0 Å². The van der Waals surface area contributed by atoms with Crippen molar-refractivity contribution in [2.45, 2.75) is 13.0 Å².